The summed E-state index contributed by atoms with van der Waals surface area (Å²) in [7, 11) is 1.60. The van der Waals surface area contributed by atoms with Gasteiger partial charge in [0.15, 0.2) is 0 Å². The third-order valence-corrected chi connectivity index (χ3v) is 5.76. The monoisotopic (exact) mass is 482 g/mol. The van der Waals surface area contributed by atoms with E-state index in [2.05, 4.69) is 5.32 Å². The fraction of sp³-hybridized carbons (Fsp3) is 0.133. The molecule has 4 rings (SSSR count). The number of anilines is 1. The molecule has 2 amide bonds. The molecule has 0 aromatic heterocycles. The van der Waals surface area contributed by atoms with Gasteiger partial charge in [0.05, 0.1) is 20.1 Å². The number of carbonyl (C=O) groups excluding carboxylic acids is 2. The van der Waals surface area contributed by atoms with Gasteiger partial charge in [-0.15, -0.1) is 0 Å². The van der Waals surface area contributed by atoms with Crippen LogP contribution in [-0.4, -0.2) is 18.9 Å². The SMILES string of the molecule is COc1ccc(CN(C(=O)c2cccc(F)c2)c2ccc(CC(=O)NCc3ccccc3)cc2)cc1. The molecule has 4 aromatic rings. The number of carbonyl (C=O) groups is 2. The lowest BCUT2D eigenvalue weighted by molar-refractivity contribution is -0.120. The van der Waals surface area contributed by atoms with Crippen LogP contribution in [0.15, 0.2) is 103 Å². The van der Waals surface area contributed by atoms with Crippen molar-refractivity contribution in [2.45, 2.75) is 19.5 Å². The minimum Gasteiger partial charge on any atom is -0.497 e. The van der Waals surface area contributed by atoms with E-state index in [0.717, 1.165) is 22.4 Å². The van der Waals surface area contributed by atoms with Crippen LogP contribution in [0.25, 0.3) is 0 Å². The molecule has 36 heavy (non-hydrogen) atoms. The predicted molar refractivity (Wildman–Crippen MR) is 138 cm³/mol. The molecule has 0 spiro atoms. The highest BCUT2D eigenvalue weighted by Crippen LogP contribution is 2.23. The summed E-state index contributed by atoms with van der Waals surface area (Å²) in [6, 6.07) is 30.1. The number of methoxy groups -OCH3 is 1. The fourth-order valence-electron chi connectivity index (χ4n) is 3.81. The third-order valence-electron chi connectivity index (χ3n) is 5.76. The Bertz CT molecular complexity index is 1310. The van der Waals surface area contributed by atoms with Gasteiger partial charge in [-0.05, 0) is 59.2 Å². The van der Waals surface area contributed by atoms with Crippen molar-refractivity contribution < 1.29 is 18.7 Å². The van der Waals surface area contributed by atoms with Crippen LogP contribution in [0.5, 0.6) is 5.75 Å². The van der Waals surface area contributed by atoms with Gasteiger partial charge >= 0.3 is 0 Å². The Morgan fingerprint density at radius 1 is 0.806 bits per heavy atom. The van der Waals surface area contributed by atoms with E-state index in [1.807, 2.05) is 66.7 Å². The van der Waals surface area contributed by atoms with Crippen LogP contribution >= 0.6 is 0 Å². The molecule has 182 valence electrons. The first-order valence-electron chi connectivity index (χ1n) is 11.6. The zero-order valence-electron chi connectivity index (χ0n) is 20.0. The normalized spacial score (nSPS) is 10.5. The minimum absolute atomic E-state index is 0.0856. The topological polar surface area (TPSA) is 58.6 Å². The molecule has 0 aliphatic rings. The van der Waals surface area contributed by atoms with E-state index >= 15 is 0 Å². The molecule has 0 aliphatic heterocycles. The van der Waals surface area contributed by atoms with Gasteiger partial charge in [-0.25, -0.2) is 4.39 Å². The minimum atomic E-state index is -0.470. The van der Waals surface area contributed by atoms with Crippen molar-refractivity contribution in [3.05, 3.63) is 131 Å². The first-order valence-corrected chi connectivity index (χ1v) is 11.6. The summed E-state index contributed by atoms with van der Waals surface area (Å²) in [4.78, 5) is 27.4. The van der Waals surface area contributed by atoms with E-state index in [9.17, 15) is 14.0 Å². The van der Waals surface area contributed by atoms with Crippen LogP contribution in [0.4, 0.5) is 10.1 Å². The number of nitrogens with zero attached hydrogens (tertiary/aromatic N) is 1. The molecule has 0 saturated heterocycles. The van der Waals surface area contributed by atoms with Crippen molar-refractivity contribution in [2.24, 2.45) is 0 Å². The number of halogens is 1. The number of rotatable bonds is 9. The Kier molecular flexibility index (Phi) is 8.08. The lowest BCUT2D eigenvalue weighted by atomic mass is 10.1. The summed E-state index contributed by atoms with van der Waals surface area (Å²) in [6.45, 7) is 0.756. The third kappa shape index (κ3) is 6.57. The number of amides is 2. The van der Waals surface area contributed by atoms with E-state index in [4.69, 9.17) is 4.74 Å². The zero-order valence-corrected chi connectivity index (χ0v) is 20.0. The van der Waals surface area contributed by atoms with Gasteiger partial charge in [0.1, 0.15) is 11.6 Å². The van der Waals surface area contributed by atoms with Gasteiger partial charge in [-0.3, -0.25) is 9.59 Å². The standard InChI is InChI=1S/C30H27FN2O3/c1-36-28-16-12-24(13-17-28)21-33(30(35)25-8-5-9-26(31)19-25)27-14-10-22(11-15-27)18-29(34)32-20-23-6-3-2-4-7-23/h2-17,19H,18,20-21H2,1H3,(H,32,34). The maximum Gasteiger partial charge on any atom is 0.258 e. The summed E-state index contributed by atoms with van der Waals surface area (Å²) in [6.07, 6.45) is 0.226. The highest BCUT2D eigenvalue weighted by Gasteiger charge is 2.19. The van der Waals surface area contributed by atoms with Gasteiger partial charge in [-0.1, -0.05) is 60.7 Å². The lowest BCUT2D eigenvalue weighted by Crippen LogP contribution is -2.30. The molecule has 0 atom stereocenters. The van der Waals surface area contributed by atoms with Gasteiger partial charge in [-0.2, -0.15) is 0 Å². The highest BCUT2D eigenvalue weighted by atomic mass is 19.1. The van der Waals surface area contributed by atoms with Gasteiger partial charge in [0, 0.05) is 17.8 Å². The number of benzene rings is 4. The molecule has 0 radical (unpaired) electrons. The van der Waals surface area contributed by atoms with Crippen molar-refractivity contribution in [3.63, 3.8) is 0 Å². The van der Waals surface area contributed by atoms with E-state index in [-0.39, 0.29) is 30.3 Å². The molecule has 0 fully saturated rings. The van der Waals surface area contributed by atoms with Gasteiger partial charge in [0.25, 0.3) is 5.91 Å². The van der Waals surface area contributed by atoms with Crippen LogP contribution in [0, 0.1) is 5.82 Å². The van der Waals surface area contributed by atoms with E-state index in [0.29, 0.717) is 12.2 Å². The molecule has 0 heterocycles. The quantitative estimate of drug-likeness (QED) is 0.341. The number of hydrogen-bond acceptors (Lipinski definition) is 3. The maximum absolute atomic E-state index is 13.8. The predicted octanol–water partition coefficient (Wildman–Crippen LogP) is 5.54. The molecule has 6 heteroatoms. The summed E-state index contributed by atoms with van der Waals surface area (Å²) >= 11 is 0. The number of nitrogens with one attached hydrogen (secondary N) is 1. The smallest absolute Gasteiger partial charge is 0.258 e. The van der Waals surface area contributed by atoms with Crippen LogP contribution in [0.2, 0.25) is 0 Å². The molecule has 0 saturated carbocycles. The van der Waals surface area contributed by atoms with E-state index in [1.54, 1.807) is 30.2 Å². The first-order chi connectivity index (χ1) is 17.5. The Labute approximate surface area is 210 Å². The van der Waals surface area contributed by atoms with Crippen LogP contribution < -0.4 is 15.0 Å². The van der Waals surface area contributed by atoms with E-state index < -0.39 is 5.82 Å². The zero-order chi connectivity index (χ0) is 25.3. The van der Waals surface area contributed by atoms with Crippen molar-refractivity contribution >= 4 is 17.5 Å². The summed E-state index contributed by atoms with van der Waals surface area (Å²) in [5.41, 5.74) is 3.66. The Morgan fingerprint density at radius 2 is 1.50 bits per heavy atom. The van der Waals surface area contributed by atoms with Crippen LogP contribution in [0.1, 0.15) is 27.0 Å². The fourth-order valence-corrected chi connectivity index (χ4v) is 3.81. The Balaban J connectivity index is 1.50. The lowest BCUT2D eigenvalue weighted by Gasteiger charge is -2.24. The summed E-state index contributed by atoms with van der Waals surface area (Å²) in [5, 5.41) is 2.92. The molecular formula is C30H27FN2O3. The molecular weight excluding hydrogens is 455 g/mol. The molecule has 5 nitrogen and oxygen atoms in total. The van der Waals surface area contributed by atoms with Crippen molar-refractivity contribution in [1.82, 2.24) is 5.32 Å². The maximum atomic E-state index is 13.8. The average molecular weight is 483 g/mol. The summed E-state index contributed by atoms with van der Waals surface area (Å²) in [5.74, 6) is -0.157. The molecule has 0 bridgehead atoms. The Hall–Kier alpha value is -4.45. The van der Waals surface area contributed by atoms with Crippen LogP contribution in [0.3, 0.4) is 0 Å². The second kappa shape index (κ2) is 11.8. The number of ether oxygens (including phenoxy) is 1. The van der Waals surface area contributed by atoms with Crippen molar-refractivity contribution in [2.75, 3.05) is 12.0 Å². The van der Waals surface area contributed by atoms with Gasteiger partial charge < -0.3 is 15.0 Å². The average Bonchev–Trinajstić information content (AvgIpc) is 2.92. The second-order valence-corrected chi connectivity index (χ2v) is 8.36. The van der Waals surface area contributed by atoms with E-state index in [1.165, 1.54) is 18.2 Å². The van der Waals surface area contributed by atoms with Crippen molar-refractivity contribution in [3.8, 4) is 5.75 Å². The highest BCUT2D eigenvalue weighted by molar-refractivity contribution is 6.06. The summed E-state index contributed by atoms with van der Waals surface area (Å²) < 4.78 is 19.0. The van der Waals surface area contributed by atoms with Gasteiger partial charge in [0.2, 0.25) is 5.91 Å². The number of hydrogen-bond donors (Lipinski definition) is 1. The molecule has 4 aromatic carbocycles. The largest absolute Gasteiger partial charge is 0.497 e. The Morgan fingerprint density at radius 3 is 2.17 bits per heavy atom. The van der Waals surface area contributed by atoms with Crippen molar-refractivity contribution in [1.29, 1.82) is 0 Å². The first kappa shape index (κ1) is 24.7. The van der Waals surface area contributed by atoms with Crippen LogP contribution in [-0.2, 0) is 24.3 Å². The molecule has 1 N–H and O–H groups in total. The second-order valence-electron chi connectivity index (χ2n) is 8.36. The molecule has 0 aliphatic carbocycles. The molecule has 0 unspecified atom stereocenters.